The van der Waals surface area contributed by atoms with E-state index in [9.17, 15) is 4.79 Å². The molecular formula is C22H30N4O2. The van der Waals surface area contributed by atoms with Gasteiger partial charge in [0.25, 0.3) is 0 Å². The molecule has 0 saturated carbocycles. The SMILES string of the molecule is COc1cccc(CN2CCC3(CCC(=O)N(CCc4cnc[nH]4)C3)CC2)c1. The molecule has 0 aliphatic carbocycles. The summed E-state index contributed by atoms with van der Waals surface area (Å²) in [6.07, 6.45) is 8.48. The molecule has 0 unspecified atom stereocenters. The highest BCUT2D eigenvalue weighted by molar-refractivity contribution is 5.77. The molecule has 6 heteroatoms. The summed E-state index contributed by atoms with van der Waals surface area (Å²) in [5.74, 6) is 1.23. The molecule has 1 spiro atoms. The standard InChI is InChI=1S/C22H30N4O2/c1-28-20-4-2-3-18(13-20)15-25-11-8-22(9-12-25)7-5-21(27)26(16-22)10-6-19-14-23-17-24-19/h2-4,13-14,17H,5-12,15-16H2,1H3,(H,23,24). The first-order chi connectivity index (χ1) is 13.7. The molecule has 0 radical (unpaired) electrons. The van der Waals surface area contributed by atoms with Crippen LogP contribution in [0, 0.1) is 5.41 Å². The van der Waals surface area contributed by atoms with E-state index in [4.69, 9.17) is 4.74 Å². The van der Waals surface area contributed by atoms with Crippen molar-refractivity contribution in [2.75, 3.05) is 33.3 Å². The second-order valence-electron chi connectivity index (χ2n) is 8.27. The second kappa shape index (κ2) is 8.35. The van der Waals surface area contributed by atoms with Gasteiger partial charge in [0, 0.05) is 44.4 Å². The third-order valence-electron chi connectivity index (χ3n) is 6.41. The third-order valence-corrected chi connectivity index (χ3v) is 6.41. The molecule has 2 aliphatic heterocycles. The summed E-state index contributed by atoms with van der Waals surface area (Å²) in [4.78, 5) is 24.2. The van der Waals surface area contributed by atoms with Crippen molar-refractivity contribution in [1.29, 1.82) is 0 Å². The van der Waals surface area contributed by atoms with Crippen LogP contribution >= 0.6 is 0 Å². The van der Waals surface area contributed by atoms with E-state index in [1.807, 2.05) is 12.3 Å². The first kappa shape index (κ1) is 19.0. The minimum atomic E-state index is 0.298. The van der Waals surface area contributed by atoms with E-state index >= 15 is 0 Å². The summed E-state index contributed by atoms with van der Waals surface area (Å²) < 4.78 is 5.34. The number of ether oxygens (including phenoxy) is 1. The Kier molecular flexibility index (Phi) is 5.67. The van der Waals surface area contributed by atoms with Crippen LogP contribution in [-0.2, 0) is 17.8 Å². The van der Waals surface area contributed by atoms with E-state index < -0.39 is 0 Å². The van der Waals surface area contributed by atoms with Gasteiger partial charge in [0.1, 0.15) is 5.75 Å². The smallest absolute Gasteiger partial charge is 0.222 e. The van der Waals surface area contributed by atoms with Crippen LogP contribution in [0.25, 0.3) is 0 Å². The predicted molar refractivity (Wildman–Crippen MR) is 108 cm³/mol. The molecule has 2 aromatic rings. The molecule has 0 bridgehead atoms. The van der Waals surface area contributed by atoms with Gasteiger partial charge in [-0.05, 0) is 55.5 Å². The van der Waals surface area contributed by atoms with E-state index in [0.717, 1.165) is 57.0 Å². The molecule has 2 fully saturated rings. The quantitative estimate of drug-likeness (QED) is 0.835. The van der Waals surface area contributed by atoms with Gasteiger partial charge < -0.3 is 14.6 Å². The topological polar surface area (TPSA) is 61.5 Å². The van der Waals surface area contributed by atoms with Crippen molar-refractivity contribution < 1.29 is 9.53 Å². The molecule has 150 valence electrons. The zero-order valence-corrected chi connectivity index (χ0v) is 16.7. The van der Waals surface area contributed by atoms with Crippen LogP contribution in [0.4, 0.5) is 0 Å². The maximum Gasteiger partial charge on any atom is 0.222 e. The summed E-state index contributed by atoms with van der Waals surface area (Å²) in [5.41, 5.74) is 2.70. The summed E-state index contributed by atoms with van der Waals surface area (Å²) in [6.45, 7) is 4.86. The van der Waals surface area contributed by atoms with E-state index in [0.29, 0.717) is 17.7 Å². The van der Waals surface area contributed by atoms with Crippen LogP contribution in [0.3, 0.4) is 0 Å². The number of rotatable bonds is 6. The number of carbonyl (C=O) groups is 1. The number of H-pyrrole nitrogens is 1. The van der Waals surface area contributed by atoms with Crippen molar-refractivity contribution in [3.63, 3.8) is 0 Å². The van der Waals surface area contributed by atoms with Crippen molar-refractivity contribution in [1.82, 2.24) is 19.8 Å². The van der Waals surface area contributed by atoms with Gasteiger partial charge in [0.2, 0.25) is 5.91 Å². The summed E-state index contributed by atoms with van der Waals surface area (Å²) >= 11 is 0. The van der Waals surface area contributed by atoms with Crippen LogP contribution < -0.4 is 4.74 Å². The number of amides is 1. The number of aromatic nitrogens is 2. The maximum absolute atomic E-state index is 12.4. The van der Waals surface area contributed by atoms with Gasteiger partial charge in [0.05, 0.1) is 13.4 Å². The number of imidazole rings is 1. The Morgan fingerprint density at radius 2 is 2.11 bits per heavy atom. The molecule has 1 N–H and O–H groups in total. The minimum absolute atomic E-state index is 0.298. The Hall–Kier alpha value is -2.34. The normalized spacial score (nSPS) is 19.9. The summed E-state index contributed by atoms with van der Waals surface area (Å²) in [5, 5.41) is 0. The average Bonchev–Trinajstić information content (AvgIpc) is 3.24. The highest BCUT2D eigenvalue weighted by Crippen LogP contribution is 2.40. The van der Waals surface area contributed by atoms with Crippen LogP contribution in [0.5, 0.6) is 5.75 Å². The molecule has 2 saturated heterocycles. The fourth-order valence-corrected chi connectivity index (χ4v) is 4.61. The Morgan fingerprint density at radius 1 is 1.25 bits per heavy atom. The fraction of sp³-hybridized carbons (Fsp3) is 0.545. The van der Waals surface area contributed by atoms with E-state index in [1.54, 1.807) is 13.4 Å². The molecule has 6 nitrogen and oxygen atoms in total. The lowest BCUT2D eigenvalue weighted by Crippen LogP contribution is -2.51. The van der Waals surface area contributed by atoms with Crippen molar-refractivity contribution in [2.45, 2.75) is 38.6 Å². The molecule has 28 heavy (non-hydrogen) atoms. The average molecular weight is 383 g/mol. The van der Waals surface area contributed by atoms with Crippen LogP contribution in [0.2, 0.25) is 0 Å². The number of nitrogens with zero attached hydrogens (tertiary/aromatic N) is 3. The molecule has 1 amide bonds. The molecule has 3 heterocycles. The number of aromatic amines is 1. The monoisotopic (exact) mass is 382 g/mol. The molecule has 0 atom stereocenters. The Balaban J connectivity index is 1.31. The largest absolute Gasteiger partial charge is 0.497 e. The van der Waals surface area contributed by atoms with Crippen LogP contribution in [-0.4, -0.2) is 59.0 Å². The number of likely N-dealkylation sites (tertiary alicyclic amines) is 2. The lowest BCUT2D eigenvalue weighted by atomic mass is 9.72. The number of carbonyl (C=O) groups excluding carboxylic acids is 1. The summed E-state index contributed by atoms with van der Waals surface area (Å²) in [7, 11) is 1.71. The molecular weight excluding hydrogens is 352 g/mol. The van der Waals surface area contributed by atoms with Crippen molar-refractivity contribution in [3.05, 3.63) is 48.0 Å². The predicted octanol–water partition coefficient (Wildman–Crippen LogP) is 2.87. The molecule has 4 rings (SSSR count). The minimum Gasteiger partial charge on any atom is -0.497 e. The Morgan fingerprint density at radius 3 is 2.86 bits per heavy atom. The number of benzene rings is 1. The van der Waals surface area contributed by atoms with Gasteiger partial charge in [-0.3, -0.25) is 9.69 Å². The van der Waals surface area contributed by atoms with Gasteiger partial charge in [-0.15, -0.1) is 0 Å². The zero-order chi connectivity index (χ0) is 19.4. The van der Waals surface area contributed by atoms with E-state index in [1.165, 1.54) is 18.4 Å². The first-order valence-corrected chi connectivity index (χ1v) is 10.3. The Bertz CT molecular complexity index is 782. The van der Waals surface area contributed by atoms with Gasteiger partial charge in [-0.1, -0.05) is 12.1 Å². The van der Waals surface area contributed by atoms with Gasteiger partial charge in [-0.2, -0.15) is 0 Å². The lowest BCUT2D eigenvalue weighted by Gasteiger charge is -2.47. The molecule has 1 aromatic carbocycles. The summed E-state index contributed by atoms with van der Waals surface area (Å²) in [6, 6.07) is 8.35. The van der Waals surface area contributed by atoms with E-state index in [2.05, 4.69) is 38.0 Å². The number of piperidine rings is 2. The lowest BCUT2D eigenvalue weighted by molar-refractivity contribution is -0.139. The third kappa shape index (κ3) is 4.38. The van der Waals surface area contributed by atoms with Crippen molar-refractivity contribution >= 4 is 5.91 Å². The van der Waals surface area contributed by atoms with E-state index in [-0.39, 0.29) is 0 Å². The molecule has 2 aliphatic rings. The van der Waals surface area contributed by atoms with Gasteiger partial charge in [-0.25, -0.2) is 4.98 Å². The number of hydrogen-bond donors (Lipinski definition) is 1. The number of methoxy groups -OCH3 is 1. The van der Waals surface area contributed by atoms with Crippen molar-refractivity contribution in [3.8, 4) is 5.75 Å². The highest BCUT2D eigenvalue weighted by Gasteiger charge is 2.40. The highest BCUT2D eigenvalue weighted by atomic mass is 16.5. The van der Waals surface area contributed by atoms with Gasteiger partial charge >= 0.3 is 0 Å². The van der Waals surface area contributed by atoms with Gasteiger partial charge in [0.15, 0.2) is 0 Å². The van der Waals surface area contributed by atoms with Crippen LogP contribution in [0.1, 0.15) is 36.9 Å². The Labute approximate surface area is 166 Å². The number of nitrogens with one attached hydrogen (secondary N) is 1. The molecule has 1 aromatic heterocycles. The van der Waals surface area contributed by atoms with Crippen molar-refractivity contribution in [2.24, 2.45) is 5.41 Å². The zero-order valence-electron chi connectivity index (χ0n) is 16.7. The number of hydrogen-bond acceptors (Lipinski definition) is 4. The first-order valence-electron chi connectivity index (χ1n) is 10.3. The van der Waals surface area contributed by atoms with Crippen LogP contribution in [0.15, 0.2) is 36.8 Å². The maximum atomic E-state index is 12.4. The second-order valence-corrected chi connectivity index (χ2v) is 8.27. The fourth-order valence-electron chi connectivity index (χ4n) is 4.61.